The second-order valence-corrected chi connectivity index (χ2v) is 6.13. The molecule has 2 aromatic rings. The summed E-state index contributed by atoms with van der Waals surface area (Å²) in [5, 5.41) is 7.34. The van der Waals surface area contributed by atoms with Gasteiger partial charge in [0.25, 0.3) is 5.56 Å². The fourth-order valence-electron chi connectivity index (χ4n) is 2.60. The number of anilines is 1. The molecule has 3 rings (SSSR count). The number of fused-ring (bicyclic) bond motifs is 1. The summed E-state index contributed by atoms with van der Waals surface area (Å²) in [6.07, 6.45) is 1.07. The summed E-state index contributed by atoms with van der Waals surface area (Å²) in [6.45, 7) is 5.06. The van der Waals surface area contributed by atoms with Gasteiger partial charge in [-0.15, -0.1) is 10.2 Å². The highest BCUT2D eigenvalue weighted by Crippen LogP contribution is 2.24. The van der Waals surface area contributed by atoms with Gasteiger partial charge in [0.05, 0.1) is 6.54 Å². The molecule has 0 bridgehead atoms. The number of carbonyl (C=O) groups excluding carboxylic acids is 1. The standard InChI is InChI=1S/C15H20N6O3/c1-8(2)14-17-10-7-21(6-5-11(10)24-14)12(22)4-3-9-13(23)18-15(16)20-19-9/h8H,3-7H2,1-2H3,(H3,16,18,20,23). The van der Waals surface area contributed by atoms with Crippen LogP contribution >= 0.6 is 0 Å². The van der Waals surface area contributed by atoms with Crippen LogP contribution < -0.4 is 11.3 Å². The molecule has 1 amide bonds. The molecule has 24 heavy (non-hydrogen) atoms. The molecule has 2 aromatic heterocycles. The Morgan fingerprint density at radius 3 is 2.92 bits per heavy atom. The van der Waals surface area contributed by atoms with Crippen molar-refractivity contribution < 1.29 is 9.21 Å². The average molecular weight is 332 g/mol. The molecule has 0 fully saturated rings. The fourth-order valence-corrected chi connectivity index (χ4v) is 2.60. The number of nitrogens with one attached hydrogen (secondary N) is 1. The van der Waals surface area contributed by atoms with E-state index in [1.165, 1.54) is 0 Å². The molecule has 9 heteroatoms. The number of nitrogen functional groups attached to an aromatic ring is 1. The number of aromatic amines is 1. The number of oxazole rings is 1. The first-order valence-electron chi connectivity index (χ1n) is 7.91. The molecule has 3 heterocycles. The van der Waals surface area contributed by atoms with Crippen molar-refractivity contribution in [1.82, 2.24) is 25.1 Å². The maximum absolute atomic E-state index is 12.4. The third kappa shape index (κ3) is 3.29. The van der Waals surface area contributed by atoms with Crippen molar-refractivity contribution in [3.05, 3.63) is 33.4 Å². The van der Waals surface area contributed by atoms with Gasteiger partial charge in [-0.25, -0.2) is 4.98 Å². The molecule has 0 aromatic carbocycles. The number of hydrogen-bond donors (Lipinski definition) is 2. The van der Waals surface area contributed by atoms with E-state index in [2.05, 4.69) is 20.2 Å². The summed E-state index contributed by atoms with van der Waals surface area (Å²) >= 11 is 0. The van der Waals surface area contributed by atoms with E-state index in [4.69, 9.17) is 10.2 Å². The lowest BCUT2D eigenvalue weighted by Gasteiger charge is -2.25. The fraction of sp³-hybridized carbons (Fsp3) is 0.533. The van der Waals surface area contributed by atoms with Crippen molar-refractivity contribution in [1.29, 1.82) is 0 Å². The molecule has 1 aliphatic heterocycles. The summed E-state index contributed by atoms with van der Waals surface area (Å²) in [7, 11) is 0. The number of H-pyrrole nitrogens is 1. The lowest BCUT2D eigenvalue weighted by molar-refractivity contribution is -0.132. The highest BCUT2D eigenvalue weighted by atomic mass is 16.4. The van der Waals surface area contributed by atoms with Gasteiger partial charge in [-0.05, 0) is 0 Å². The van der Waals surface area contributed by atoms with Crippen molar-refractivity contribution >= 4 is 11.9 Å². The molecule has 0 spiro atoms. The van der Waals surface area contributed by atoms with Crippen molar-refractivity contribution in [3.63, 3.8) is 0 Å². The van der Waals surface area contributed by atoms with Crippen LogP contribution in [0, 0.1) is 0 Å². The van der Waals surface area contributed by atoms with Gasteiger partial charge in [0.15, 0.2) is 5.89 Å². The van der Waals surface area contributed by atoms with Crippen LogP contribution in [-0.2, 0) is 24.2 Å². The Labute approximate surface area is 138 Å². The number of amides is 1. The van der Waals surface area contributed by atoms with Gasteiger partial charge >= 0.3 is 0 Å². The number of rotatable bonds is 4. The summed E-state index contributed by atoms with van der Waals surface area (Å²) in [5.41, 5.74) is 5.97. The minimum atomic E-state index is -0.408. The SMILES string of the molecule is CC(C)c1nc2c(o1)CCN(C(=O)CCc1nnc(N)[nH]c1=O)C2. The number of nitrogens with zero attached hydrogens (tertiary/aromatic N) is 4. The van der Waals surface area contributed by atoms with E-state index in [0.29, 0.717) is 25.4 Å². The van der Waals surface area contributed by atoms with Gasteiger partial charge in [0, 0.05) is 31.7 Å². The monoisotopic (exact) mass is 332 g/mol. The van der Waals surface area contributed by atoms with E-state index in [1.54, 1.807) is 4.90 Å². The Hall–Kier alpha value is -2.71. The van der Waals surface area contributed by atoms with E-state index in [1.807, 2.05) is 13.8 Å². The van der Waals surface area contributed by atoms with E-state index in [9.17, 15) is 9.59 Å². The maximum Gasteiger partial charge on any atom is 0.274 e. The average Bonchev–Trinajstić information content (AvgIpc) is 2.97. The van der Waals surface area contributed by atoms with E-state index < -0.39 is 5.56 Å². The van der Waals surface area contributed by atoms with Crippen molar-refractivity contribution in [3.8, 4) is 0 Å². The normalized spacial score (nSPS) is 14.0. The second-order valence-electron chi connectivity index (χ2n) is 6.13. The Kier molecular flexibility index (Phi) is 4.32. The minimum Gasteiger partial charge on any atom is -0.445 e. The quantitative estimate of drug-likeness (QED) is 0.827. The van der Waals surface area contributed by atoms with Gasteiger partial charge in [0.1, 0.15) is 17.1 Å². The zero-order chi connectivity index (χ0) is 17.3. The first-order chi connectivity index (χ1) is 11.4. The number of hydrogen-bond acceptors (Lipinski definition) is 7. The molecule has 0 saturated carbocycles. The van der Waals surface area contributed by atoms with Gasteiger partial charge in [-0.2, -0.15) is 0 Å². The van der Waals surface area contributed by atoms with Crippen LogP contribution in [0.25, 0.3) is 0 Å². The van der Waals surface area contributed by atoms with Crippen LogP contribution in [-0.4, -0.2) is 37.5 Å². The molecule has 1 aliphatic rings. The van der Waals surface area contributed by atoms with Crippen LogP contribution in [0.4, 0.5) is 5.95 Å². The van der Waals surface area contributed by atoms with E-state index >= 15 is 0 Å². The van der Waals surface area contributed by atoms with Crippen LogP contribution in [0.2, 0.25) is 0 Å². The van der Waals surface area contributed by atoms with E-state index in [0.717, 1.165) is 11.5 Å². The van der Waals surface area contributed by atoms with Crippen LogP contribution in [0.3, 0.4) is 0 Å². The number of carbonyl (C=O) groups is 1. The Bertz CT molecular complexity index is 810. The van der Waals surface area contributed by atoms with Crippen LogP contribution in [0.15, 0.2) is 9.21 Å². The van der Waals surface area contributed by atoms with Crippen molar-refractivity contribution in [2.24, 2.45) is 0 Å². The zero-order valence-corrected chi connectivity index (χ0v) is 13.7. The topological polar surface area (TPSA) is 131 Å². The Morgan fingerprint density at radius 1 is 1.42 bits per heavy atom. The van der Waals surface area contributed by atoms with Crippen LogP contribution in [0.1, 0.15) is 49.2 Å². The minimum absolute atomic E-state index is 0.0365. The zero-order valence-electron chi connectivity index (χ0n) is 13.7. The molecule has 0 radical (unpaired) electrons. The third-order valence-electron chi connectivity index (χ3n) is 3.95. The molecular weight excluding hydrogens is 312 g/mol. The summed E-state index contributed by atoms with van der Waals surface area (Å²) in [6, 6.07) is 0. The van der Waals surface area contributed by atoms with Gasteiger partial charge in [-0.1, -0.05) is 13.8 Å². The molecule has 0 atom stereocenters. The van der Waals surface area contributed by atoms with Gasteiger partial charge in [0.2, 0.25) is 11.9 Å². The van der Waals surface area contributed by atoms with Crippen molar-refractivity contribution in [2.45, 2.75) is 45.6 Å². The predicted octanol–water partition coefficient (Wildman–Crippen LogP) is 0.376. The Morgan fingerprint density at radius 2 is 2.21 bits per heavy atom. The lowest BCUT2D eigenvalue weighted by Crippen LogP contribution is -2.36. The molecule has 0 saturated heterocycles. The molecule has 0 unspecified atom stereocenters. The summed E-state index contributed by atoms with van der Waals surface area (Å²) < 4.78 is 5.73. The molecule has 9 nitrogen and oxygen atoms in total. The predicted molar refractivity (Wildman–Crippen MR) is 85.1 cm³/mol. The van der Waals surface area contributed by atoms with Gasteiger partial charge < -0.3 is 15.1 Å². The first-order valence-corrected chi connectivity index (χ1v) is 7.91. The van der Waals surface area contributed by atoms with Crippen molar-refractivity contribution in [2.75, 3.05) is 12.3 Å². The highest BCUT2D eigenvalue weighted by Gasteiger charge is 2.26. The molecule has 128 valence electrons. The third-order valence-corrected chi connectivity index (χ3v) is 3.95. The smallest absolute Gasteiger partial charge is 0.274 e. The van der Waals surface area contributed by atoms with Gasteiger partial charge in [-0.3, -0.25) is 14.6 Å². The first kappa shape index (κ1) is 16.2. The molecule has 3 N–H and O–H groups in total. The molecular formula is C15H20N6O3. The largest absolute Gasteiger partial charge is 0.445 e. The Balaban J connectivity index is 1.62. The lowest BCUT2D eigenvalue weighted by atomic mass is 10.1. The summed E-state index contributed by atoms with van der Waals surface area (Å²) in [5.74, 6) is 1.70. The summed E-state index contributed by atoms with van der Waals surface area (Å²) in [4.78, 5) is 32.6. The number of nitrogens with two attached hydrogens (primary N) is 1. The highest BCUT2D eigenvalue weighted by molar-refractivity contribution is 5.76. The number of aromatic nitrogens is 4. The maximum atomic E-state index is 12.4. The molecule has 0 aliphatic carbocycles. The number of aryl methyl sites for hydroxylation is 1. The second kappa shape index (κ2) is 6.42. The van der Waals surface area contributed by atoms with E-state index in [-0.39, 0.29) is 36.3 Å². The van der Waals surface area contributed by atoms with Crippen LogP contribution in [0.5, 0.6) is 0 Å².